The van der Waals surface area contributed by atoms with Crippen LogP contribution in [0, 0.1) is 5.82 Å². The van der Waals surface area contributed by atoms with Crippen molar-refractivity contribution in [3.63, 3.8) is 0 Å². The van der Waals surface area contributed by atoms with Crippen LogP contribution in [0.5, 0.6) is 5.75 Å². The van der Waals surface area contributed by atoms with Crippen LogP contribution in [-0.2, 0) is 20.9 Å². The van der Waals surface area contributed by atoms with Crippen molar-refractivity contribution in [1.82, 2.24) is 10.2 Å². The summed E-state index contributed by atoms with van der Waals surface area (Å²) < 4.78 is 24.2. The van der Waals surface area contributed by atoms with E-state index in [0.717, 1.165) is 22.3 Å². The lowest BCUT2D eigenvalue weighted by molar-refractivity contribution is -0.137. The molecule has 3 aromatic carbocycles. The van der Waals surface area contributed by atoms with Crippen LogP contribution in [0.2, 0.25) is 0 Å². The van der Waals surface area contributed by atoms with E-state index in [1.165, 1.54) is 24.1 Å². The molecule has 3 aromatic rings. The van der Waals surface area contributed by atoms with Gasteiger partial charge >= 0.3 is 5.97 Å². The van der Waals surface area contributed by atoms with Crippen molar-refractivity contribution in [2.45, 2.75) is 46.3 Å². The third-order valence-electron chi connectivity index (χ3n) is 6.89. The van der Waals surface area contributed by atoms with E-state index in [2.05, 4.69) is 19.2 Å². The fourth-order valence-electron chi connectivity index (χ4n) is 4.65. The average molecular weight is 573 g/mol. The van der Waals surface area contributed by atoms with Crippen LogP contribution in [0.25, 0.3) is 6.08 Å². The molecule has 0 radical (unpaired) electrons. The third kappa shape index (κ3) is 6.89. The second-order valence-electron chi connectivity index (χ2n) is 10.2. The van der Waals surface area contributed by atoms with Gasteiger partial charge < -0.3 is 14.8 Å². The Kier molecular flexibility index (Phi) is 9.35. The predicted molar refractivity (Wildman–Crippen MR) is 161 cm³/mol. The molecule has 0 saturated carbocycles. The zero-order chi connectivity index (χ0) is 29.7. The van der Waals surface area contributed by atoms with Gasteiger partial charge in [-0.3, -0.25) is 9.69 Å². The molecule has 1 heterocycles. The van der Waals surface area contributed by atoms with E-state index < -0.39 is 12.0 Å². The molecular formula is C33H33FN2O4S. The molecule has 0 fully saturated rings. The van der Waals surface area contributed by atoms with Crippen molar-refractivity contribution in [2.24, 2.45) is 0 Å². The second-order valence-corrected chi connectivity index (χ2v) is 10.6. The van der Waals surface area contributed by atoms with Crippen molar-refractivity contribution in [3.05, 3.63) is 118 Å². The van der Waals surface area contributed by atoms with Gasteiger partial charge in [0.25, 0.3) is 5.91 Å². The number of esters is 1. The average Bonchev–Trinajstić information content (AvgIpc) is 2.96. The van der Waals surface area contributed by atoms with Crippen molar-refractivity contribution in [1.29, 1.82) is 0 Å². The van der Waals surface area contributed by atoms with Crippen molar-refractivity contribution >= 4 is 35.3 Å². The number of carbonyl (C=O) groups excluding carboxylic acids is 2. The fraction of sp³-hybridized carbons (Fsp3) is 0.242. The molecular weight excluding hydrogens is 539 g/mol. The van der Waals surface area contributed by atoms with Gasteiger partial charge in [0.05, 0.1) is 18.7 Å². The van der Waals surface area contributed by atoms with Crippen LogP contribution in [0.4, 0.5) is 4.39 Å². The van der Waals surface area contributed by atoms with Crippen molar-refractivity contribution < 1.29 is 23.5 Å². The minimum Gasteiger partial charge on any atom is -0.489 e. The quantitative estimate of drug-likeness (QED) is 0.181. The predicted octanol–water partition coefficient (Wildman–Crippen LogP) is 6.84. The van der Waals surface area contributed by atoms with Crippen molar-refractivity contribution in [2.75, 3.05) is 7.11 Å². The zero-order valence-corrected chi connectivity index (χ0v) is 24.6. The van der Waals surface area contributed by atoms with Gasteiger partial charge in [-0.15, -0.1) is 0 Å². The summed E-state index contributed by atoms with van der Waals surface area (Å²) in [6, 6.07) is 20.5. The van der Waals surface area contributed by atoms with Crippen LogP contribution in [-0.4, -0.2) is 29.0 Å². The largest absolute Gasteiger partial charge is 0.489 e. The highest BCUT2D eigenvalue weighted by atomic mass is 32.1. The lowest BCUT2D eigenvalue weighted by Gasteiger charge is -2.38. The van der Waals surface area contributed by atoms with Gasteiger partial charge in [0.1, 0.15) is 18.2 Å². The lowest BCUT2D eigenvalue weighted by atomic mass is 9.91. The molecule has 41 heavy (non-hydrogen) atoms. The third-order valence-corrected chi connectivity index (χ3v) is 7.19. The molecule has 4 rings (SSSR count). The van der Waals surface area contributed by atoms with Gasteiger partial charge in [0.2, 0.25) is 0 Å². The highest BCUT2D eigenvalue weighted by Gasteiger charge is 2.40. The number of nitrogens with zero attached hydrogens (tertiary/aromatic N) is 1. The number of carbonyl (C=O) groups is 2. The maximum absolute atomic E-state index is 14.0. The fourth-order valence-corrected chi connectivity index (χ4v) is 4.99. The van der Waals surface area contributed by atoms with Crippen LogP contribution < -0.4 is 10.1 Å². The molecule has 1 N–H and O–H groups in total. The van der Waals surface area contributed by atoms with Crippen LogP contribution in [0.1, 0.15) is 61.9 Å². The zero-order valence-electron chi connectivity index (χ0n) is 23.7. The highest BCUT2D eigenvalue weighted by molar-refractivity contribution is 7.80. The summed E-state index contributed by atoms with van der Waals surface area (Å²) in [4.78, 5) is 28.3. The van der Waals surface area contributed by atoms with Gasteiger partial charge in [0.15, 0.2) is 5.11 Å². The van der Waals surface area contributed by atoms with E-state index in [4.69, 9.17) is 21.7 Å². The van der Waals surface area contributed by atoms with E-state index in [1.807, 2.05) is 48.5 Å². The van der Waals surface area contributed by atoms with Crippen LogP contribution in [0.15, 0.2) is 89.6 Å². The topological polar surface area (TPSA) is 67.9 Å². The maximum atomic E-state index is 14.0. The van der Waals surface area contributed by atoms with Gasteiger partial charge in [-0.05, 0) is 84.6 Å². The molecule has 0 aliphatic carbocycles. The molecule has 0 aromatic heterocycles. The van der Waals surface area contributed by atoms with Gasteiger partial charge in [-0.2, -0.15) is 0 Å². The second kappa shape index (κ2) is 12.9. The number of hydrogen-bond donors (Lipinski definition) is 1. The monoisotopic (exact) mass is 572 g/mol. The molecule has 8 heteroatoms. The van der Waals surface area contributed by atoms with Crippen LogP contribution >= 0.6 is 12.2 Å². The molecule has 6 nitrogen and oxygen atoms in total. The smallest absolute Gasteiger partial charge is 0.337 e. The molecule has 1 amide bonds. The van der Waals surface area contributed by atoms with Crippen LogP contribution in [0.3, 0.4) is 0 Å². The number of thiocarbonyl (C=S) groups is 1. The molecule has 1 aliphatic rings. The van der Waals surface area contributed by atoms with E-state index >= 15 is 0 Å². The number of amides is 1. The number of benzene rings is 3. The molecule has 0 saturated heterocycles. The summed E-state index contributed by atoms with van der Waals surface area (Å²) in [5.41, 5.74) is 4.74. The SMILES string of the molecule is COC(=O)C1=C(C)NC(=S)N(C(=O)/C(C)=C/c2cccc(OCc3ccc(F)cc3)c2)C1c1ccc(C(C)C)cc1. The Bertz CT molecular complexity index is 1510. The Labute approximate surface area is 245 Å². The Morgan fingerprint density at radius 3 is 2.39 bits per heavy atom. The first kappa shape index (κ1) is 29.7. The molecule has 1 aliphatic heterocycles. The number of allylic oxidation sites excluding steroid dienone is 1. The first-order valence-corrected chi connectivity index (χ1v) is 13.7. The molecule has 1 unspecified atom stereocenters. The number of nitrogens with one attached hydrogen (secondary N) is 1. The summed E-state index contributed by atoms with van der Waals surface area (Å²) >= 11 is 5.63. The van der Waals surface area contributed by atoms with Crippen molar-refractivity contribution in [3.8, 4) is 5.75 Å². The van der Waals surface area contributed by atoms with E-state index in [9.17, 15) is 14.0 Å². The molecule has 1 atom stereocenters. The van der Waals surface area contributed by atoms with E-state index in [0.29, 0.717) is 28.5 Å². The molecule has 212 valence electrons. The minimum absolute atomic E-state index is 0.197. The summed E-state index contributed by atoms with van der Waals surface area (Å²) in [5.74, 6) is -0.265. The number of methoxy groups -OCH3 is 1. The normalized spacial score (nSPS) is 15.6. The number of hydrogen-bond acceptors (Lipinski definition) is 5. The Morgan fingerprint density at radius 2 is 1.76 bits per heavy atom. The minimum atomic E-state index is -0.765. The number of halogens is 1. The van der Waals surface area contributed by atoms with Gasteiger partial charge in [0, 0.05) is 11.3 Å². The summed E-state index contributed by atoms with van der Waals surface area (Å²) in [6.07, 6.45) is 1.75. The lowest BCUT2D eigenvalue weighted by Crippen LogP contribution is -2.51. The van der Waals surface area contributed by atoms with E-state index in [-0.39, 0.29) is 23.4 Å². The number of rotatable bonds is 8. The summed E-state index contributed by atoms with van der Waals surface area (Å²) in [7, 11) is 1.32. The Morgan fingerprint density at radius 1 is 1.07 bits per heavy atom. The van der Waals surface area contributed by atoms with E-state index in [1.54, 1.807) is 32.1 Å². The first-order chi connectivity index (χ1) is 19.6. The Balaban J connectivity index is 1.64. The summed E-state index contributed by atoms with van der Waals surface area (Å²) in [5, 5.41) is 3.21. The Hall–Kier alpha value is -4.30. The number of ether oxygens (including phenoxy) is 2. The molecule has 0 bridgehead atoms. The molecule has 0 spiro atoms. The first-order valence-electron chi connectivity index (χ1n) is 13.3. The maximum Gasteiger partial charge on any atom is 0.337 e. The highest BCUT2D eigenvalue weighted by Crippen LogP contribution is 2.36. The van der Waals surface area contributed by atoms with Gasteiger partial charge in [-0.25, -0.2) is 9.18 Å². The van der Waals surface area contributed by atoms with Gasteiger partial charge in [-0.1, -0.05) is 62.4 Å². The standard InChI is InChI=1S/C33H33FN2O4S/c1-20(2)25-11-13-26(14-12-25)30-29(32(38)39-5)22(4)35-33(41)36(30)31(37)21(3)17-24-7-6-8-28(18-24)40-19-23-9-15-27(34)16-10-23/h6-18,20,30H,19H2,1-5H3,(H,35,41)/b21-17+. The summed E-state index contributed by atoms with van der Waals surface area (Å²) in [6.45, 7) is 7.93.